The highest BCUT2D eigenvalue weighted by Gasteiger charge is 2.50. The minimum atomic E-state index is -1.01. The van der Waals surface area contributed by atoms with Crippen molar-refractivity contribution < 1.29 is 19.1 Å². The third-order valence-electron chi connectivity index (χ3n) is 6.58. The molecule has 0 aromatic heterocycles. The van der Waals surface area contributed by atoms with Crippen LogP contribution in [0.4, 0.5) is 0 Å². The number of aryl methyl sites for hydroxylation is 2. The largest absolute Gasteiger partial charge is 0.496 e. The summed E-state index contributed by atoms with van der Waals surface area (Å²) in [6.45, 7) is 5.26. The van der Waals surface area contributed by atoms with Crippen molar-refractivity contribution in [2.24, 2.45) is 0 Å². The van der Waals surface area contributed by atoms with Crippen LogP contribution < -0.4 is 9.47 Å². The first-order chi connectivity index (χ1) is 15.9. The van der Waals surface area contributed by atoms with Crippen molar-refractivity contribution in [3.05, 3.63) is 106 Å². The van der Waals surface area contributed by atoms with Crippen LogP contribution in [0.3, 0.4) is 0 Å². The third kappa shape index (κ3) is 2.98. The van der Waals surface area contributed by atoms with E-state index in [-0.39, 0.29) is 11.8 Å². The Kier molecular flexibility index (Phi) is 4.82. The number of hydrogen-bond donors (Lipinski definition) is 0. The normalized spacial score (nSPS) is 16.8. The summed E-state index contributed by atoms with van der Waals surface area (Å²) in [4.78, 5) is 25.9. The number of methoxy groups -OCH3 is 1. The molecule has 4 aromatic rings. The maximum Gasteiger partial charge on any atom is 0.308 e. The summed E-state index contributed by atoms with van der Waals surface area (Å²) in [6, 6.07) is 23.5. The maximum atomic E-state index is 14.3. The summed E-state index contributed by atoms with van der Waals surface area (Å²) in [5.74, 6) is 0.934. The SMILES string of the molecule is COc1ccc(C2(c3ccc(OC(C)=O)c(C)c3)C(=O)c3cccc4cccc2c34)cc1C. The molecule has 0 saturated heterocycles. The van der Waals surface area contributed by atoms with E-state index in [4.69, 9.17) is 9.47 Å². The molecule has 1 atom stereocenters. The summed E-state index contributed by atoms with van der Waals surface area (Å²) in [7, 11) is 1.65. The molecule has 0 bridgehead atoms. The Balaban J connectivity index is 1.85. The first-order valence-corrected chi connectivity index (χ1v) is 10.9. The van der Waals surface area contributed by atoms with E-state index >= 15 is 0 Å². The Morgan fingerprint density at radius 2 is 1.42 bits per heavy atom. The van der Waals surface area contributed by atoms with Crippen LogP contribution in [0.5, 0.6) is 11.5 Å². The molecular weight excluding hydrogens is 412 g/mol. The van der Waals surface area contributed by atoms with Crippen LogP contribution in [0.1, 0.15) is 45.1 Å². The fraction of sp³-hybridized carbons (Fsp3) is 0.172. The summed E-state index contributed by atoms with van der Waals surface area (Å²) in [6.07, 6.45) is 0. The first-order valence-electron chi connectivity index (χ1n) is 10.9. The molecular formula is C29H24O4. The number of ether oxygens (including phenoxy) is 2. The second-order valence-electron chi connectivity index (χ2n) is 8.55. The average Bonchev–Trinajstić information content (AvgIpc) is 3.06. The van der Waals surface area contributed by atoms with Crippen LogP contribution in [0.25, 0.3) is 10.8 Å². The second kappa shape index (κ2) is 7.59. The van der Waals surface area contributed by atoms with Gasteiger partial charge in [0, 0.05) is 12.5 Å². The van der Waals surface area contributed by atoms with Gasteiger partial charge in [-0.05, 0) is 64.6 Å². The Hall–Kier alpha value is -3.92. The van der Waals surface area contributed by atoms with Crippen molar-refractivity contribution in [3.8, 4) is 11.5 Å². The van der Waals surface area contributed by atoms with Crippen molar-refractivity contribution in [1.82, 2.24) is 0 Å². The summed E-state index contributed by atoms with van der Waals surface area (Å²) < 4.78 is 10.8. The zero-order valence-corrected chi connectivity index (χ0v) is 19.1. The Labute approximate surface area is 192 Å². The highest BCUT2D eigenvalue weighted by Crippen LogP contribution is 2.51. The molecule has 4 aromatic carbocycles. The van der Waals surface area contributed by atoms with E-state index in [0.717, 1.165) is 49.9 Å². The Morgan fingerprint density at radius 1 is 0.818 bits per heavy atom. The third-order valence-corrected chi connectivity index (χ3v) is 6.58. The number of carbonyl (C=O) groups excluding carboxylic acids is 2. The fourth-order valence-corrected chi connectivity index (χ4v) is 5.17. The molecule has 164 valence electrons. The molecule has 4 nitrogen and oxygen atoms in total. The quantitative estimate of drug-likeness (QED) is 0.294. The molecule has 0 fully saturated rings. The second-order valence-corrected chi connectivity index (χ2v) is 8.55. The molecule has 0 spiro atoms. The molecule has 33 heavy (non-hydrogen) atoms. The molecule has 1 aliphatic rings. The van der Waals surface area contributed by atoms with Crippen LogP contribution >= 0.6 is 0 Å². The molecule has 0 aliphatic heterocycles. The minimum Gasteiger partial charge on any atom is -0.496 e. The van der Waals surface area contributed by atoms with Crippen LogP contribution in [0.15, 0.2) is 72.8 Å². The predicted octanol–water partition coefficient (Wildman–Crippen LogP) is 5.92. The van der Waals surface area contributed by atoms with Gasteiger partial charge in [0.15, 0.2) is 5.78 Å². The zero-order valence-electron chi connectivity index (χ0n) is 19.1. The van der Waals surface area contributed by atoms with Crippen LogP contribution in [-0.2, 0) is 10.2 Å². The van der Waals surface area contributed by atoms with Gasteiger partial charge in [-0.1, -0.05) is 60.7 Å². The van der Waals surface area contributed by atoms with Gasteiger partial charge in [0.1, 0.15) is 16.9 Å². The monoisotopic (exact) mass is 436 g/mol. The van der Waals surface area contributed by atoms with Gasteiger partial charge in [0.2, 0.25) is 0 Å². The van der Waals surface area contributed by atoms with Gasteiger partial charge in [-0.2, -0.15) is 0 Å². The predicted molar refractivity (Wildman–Crippen MR) is 128 cm³/mol. The van der Waals surface area contributed by atoms with Gasteiger partial charge in [0.05, 0.1) is 7.11 Å². The van der Waals surface area contributed by atoms with E-state index in [0.29, 0.717) is 5.75 Å². The summed E-state index contributed by atoms with van der Waals surface area (Å²) in [5, 5.41) is 2.03. The highest BCUT2D eigenvalue weighted by atomic mass is 16.5. The van der Waals surface area contributed by atoms with E-state index in [1.807, 2.05) is 80.6 Å². The van der Waals surface area contributed by atoms with Crippen LogP contribution in [0.2, 0.25) is 0 Å². The van der Waals surface area contributed by atoms with Crippen LogP contribution in [0, 0.1) is 13.8 Å². The van der Waals surface area contributed by atoms with E-state index in [9.17, 15) is 9.59 Å². The number of esters is 1. The molecule has 0 saturated carbocycles. The Morgan fingerprint density at radius 3 is 2.00 bits per heavy atom. The minimum absolute atomic E-state index is 0.0403. The molecule has 0 radical (unpaired) electrons. The van der Waals surface area contributed by atoms with Crippen molar-refractivity contribution in [2.75, 3.05) is 7.11 Å². The highest BCUT2D eigenvalue weighted by molar-refractivity contribution is 6.23. The van der Waals surface area contributed by atoms with Crippen molar-refractivity contribution in [1.29, 1.82) is 0 Å². The smallest absolute Gasteiger partial charge is 0.308 e. The van der Waals surface area contributed by atoms with Crippen molar-refractivity contribution in [2.45, 2.75) is 26.2 Å². The zero-order chi connectivity index (χ0) is 23.3. The molecule has 0 N–H and O–H groups in total. The fourth-order valence-electron chi connectivity index (χ4n) is 5.17. The van der Waals surface area contributed by atoms with E-state index in [1.54, 1.807) is 13.2 Å². The number of rotatable bonds is 4. The number of ketones is 1. The van der Waals surface area contributed by atoms with Gasteiger partial charge in [-0.15, -0.1) is 0 Å². The summed E-state index contributed by atoms with van der Waals surface area (Å²) >= 11 is 0. The van der Waals surface area contributed by atoms with Gasteiger partial charge in [-0.25, -0.2) is 0 Å². The van der Waals surface area contributed by atoms with E-state index in [2.05, 4.69) is 0 Å². The number of benzene rings is 4. The topological polar surface area (TPSA) is 52.6 Å². The number of carbonyl (C=O) groups is 2. The summed E-state index contributed by atoms with van der Waals surface area (Å²) in [5.41, 5.74) is 4.15. The molecule has 1 unspecified atom stereocenters. The maximum absolute atomic E-state index is 14.3. The van der Waals surface area contributed by atoms with Crippen molar-refractivity contribution >= 4 is 22.5 Å². The Bertz CT molecular complexity index is 1440. The lowest BCUT2D eigenvalue weighted by Crippen LogP contribution is -2.35. The molecule has 5 rings (SSSR count). The number of Topliss-reactive ketones (excluding diaryl/α,β-unsaturated/α-hetero) is 1. The average molecular weight is 437 g/mol. The molecule has 0 amide bonds. The van der Waals surface area contributed by atoms with Gasteiger partial charge in [0.25, 0.3) is 0 Å². The first kappa shape index (κ1) is 21.0. The molecule has 4 heteroatoms. The number of hydrogen-bond acceptors (Lipinski definition) is 4. The van der Waals surface area contributed by atoms with Gasteiger partial charge >= 0.3 is 5.97 Å². The lowest BCUT2D eigenvalue weighted by molar-refractivity contribution is -0.131. The van der Waals surface area contributed by atoms with Crippen molar-refractivity contribution in [3.63, 3.8) is 0 Å². The van der Waals surface area contributed by atoms with E-state index in [1.165, 1.54) is 6.92 Å². The van der Waals surface area contributed by atoms with Crippen LogP contribution in [-0.4, -0.2) is 18.9 Å². The van der Waals surface area contributed by atoms with Gasteiger partial charge < -0.3 is 9.47 Å². The van der Waals surface area contributed by atoms with Gasteiger partial charge in [-0.3, -0.25) is 9.59 Å². The lowest BCUT2D eigenvalue weighted by Gasteiger charge is -2.32. The lowest BCUT2D eigenvalue weighted by atomic mass is 9.68. The molecule has 1 aliphatic carbocycles. The standard InChI is InChI=1S/C29H24O4/c1-17-15-21(11-13-25(17)32-4)29(22-12-14-26(18(2)16-22)33-19(3)30)24-10-6-8-20-7-5-9-23(27(20)24)28(29)31/h5-16H,1-4H3. The molecule has 0 heterocycles. The van der Waals surface area contributed by atoms with E-state index < -0.39 is 5.41 Å².